The molecule has 0 aliphatic carbocycles. The van der Waals surface area contributed by atoms with E-state index in [0.29, 0.717) is 0 Å². The van der Waals surface area contributed by atoms with Crippen LogP contribution in [0.2, 0.25) is 0 Å². The van der Waals surface area contributed by atoms with E-state index in [1.807, 2.05) is 0 Å². The Kier molecular flexibility index (Phi) is 2.06. The zero-order valence-corrected chi connectivity index (χ0v) is 6.03. The van der Waals surface area contributed by atoms with Gasteiger partial charge in [0.2, 0.25) is 0 Å². The van der Waals surface area contributed by atoms with Crippen molar-refractivity contribution < 1.29 is 9.90 Å². The van der Waals surface area contributed by atoms with Crippen molar-refractivity contribution in [3.05, 3.63) is 23.5 Å². The summed E-state index contributed by atoms with van der Waals surface area (Å²) in [6.45, 7) is 1.80. The van der Waals surface area contributed by atoms with Gasteiger partial charge in [-0.2, -0.15) is 5.10 Å². The molecular formula is C7H8N2O2. The molecule has 0 aliphatic heterocycles. The lowest BCUT2D eigenvalue weighted by Crippen LogP contribution is -1.85. The SMILES string of the molecule is Cc1n[nH]cc1/C=C\C(=O)O. The second-order valence-electron chi connectivity index (χ2n) is 2.10. The Hall–Kier alpha value is -1.58. The molecular weight excluding hydrogens is 144 g/mol. The molecule has 0 spiro atoms. The van der Waals surface area contributed by atoms with Gasteiger partial charge in [-0.25, -0.2) is 4.79 Å². The van der Waals surface area contributed by atoms with Gasteiger partial charge in [0.05, 0.1) is 5.69 Å². The van der Waals surface area contributed by atoms with E-state index in [9.17, 15) is 4.79 Å². The normalized spacial score (nSPS) is 10.6. The molecule has 0 saturated heterocycles. The van der Waals surface area contributed by atoms with Crippen LogP contribution in [0.4, 0.5) is 0 Å². The van der Waals surface area contributed by atoms with Crippen LogP contribution in [-0.4, -0.2) is 21.3 Å². The lowest BCUT2D eigenvalue weighted by Gasteiger charge is -1.83. The van der Waals surface area contributed by atoms with Gasteiger partial charge in [-0.1, -0.05) is 0 Å². The average molecular weight is 152 g/mol. The molecule has 1 rings (SSSR count). The first kappa shape index (κ1) is 7.53. The molecule has 11 heavy (non-hydrogen) atoms. The summed E-state index contributed by atoms with van der Waals surface area (Å²) in [6, 6.07) is 0. The summed E-state index contributed by atoms with van der Waals surface area (Å²) in [4.78, 5) is 10.1. The molecule has 0 aromatic carbocycles. The third-order valence-electron chi connectivity index (χ3n) is 1.28. The molecule has 0 amide bonds. The summed E-state index contributed by atoms with van der Waals surface area (Å²) in [7, 11) is 0. The summed E-state index contributed by atoms with van der Waals surface area (Å²) in [6.07, 6.45) is 4.23. The van der Waals surface area contributed by atoms with Crippen LogP contribution < -0.4 is 0 Å². The molecule has 1 aromatic rings. The minimum absolute atomic E-state index is 0.794. The number of aromatic nitrogens is 2. The summed E-state index contributed by atoms with van der Waals surface area (Å²) in [5, 5.41) is 14.7. The van der Waals surface area contributed by atoms with Crippen LogP contribution in [0.1, 0.15) is 11.3 Å². The fourth-order valence-electron chi connectivity index (χ4n) is 0.697. The van der Waals surface area contributed by atoms with Crippen molar-refractivity contribution in [2.45, 2.75) is 6.92 Å². The van der Waals surface area contributed by atoms with Crippen LogP contribution in [0.25, 0.3) is 6.08 Å². The van der Waals surface area contributed by atoms with Crippen molar-refractivity contribution in [2.24, 2.45) is 0 Å². The van der Waals surface area contributed by atoms with Gasteiger partial charge in [0.15, 0.2) is 0 Å². The molecule has 0 unspecified atom stereocenters. The molecule has 1 heterocycles. The molecule has 0 saturated carbocycles. The number of aromatic amines is 1. The highest BCUT2D eigenvalue weighted by Crippen LogP contribution is 2.03. The maximum Gasteiger partial charge on any atom is 0.328 e. The Morgan fingerprint density at radius 2 is 2.55 bits per heavy atom. The van der Waals surface area contributed by atoms with Gasteiger partial charge >= 0.3 is 5.97 Å². The third-order valence-corrected chi connectivity index (χ3v) is 1.28. The molecule has 1 aromatic heterocycles. The number of hydrogen-bond donors (Lipinski definition) is 2. The molecule has 4 nitrogen and oxygen atoms in total. The standard InChI is InChI=1S/C7H8N2O2/c1-5-6(4-8-9-5)2-3-7(10)11/h2-4H,1H3,(H,8,9)(H,10,11)/b3-2-. The number of carboxylic acid groups (broad SMARTS) is 1. The van der Waals surface area contributed by atoms with E-state index >= 15 is 0 Å². The van der Waals surface area contributed by atoms with Crippen LogP contribution in [0, 0.1) is 6.92 Å². The minimum Gasteiger partial charge on any atom is -0.478 e. The van der Waals surface area contributed by atoms with Crippen LogP contribution in [0.5, 0.6) is 0 Å². The number of aliphatic carboxylic acids is 1. The number of aryl methyl sites for hydroxylation is 1. The van der Waals surface area contributed by atoms with Crippen molar-refractivity contribution in [1.82, 2.24) is 10.2 Å². The van der Waals surface area contributed by atoms with E-state index in [4.69, 9.17) is 5.11 Å². The number of carboxylic acids is 1. The summed E-state index contributed by atoms with van der Waals surface area (Å²) in [5.74, 6) is -0.953. The third kappa shape index (κ3) is 1.93. The number of carbonyl (C=O) groups is 1. The van der Waals surface area contributed by atoms with Gasteiger partial charge in [0.1, 0.15) is 0 Å². The number of hydrogen-bond acceptors (Lipinski definition) is 2. The predicted molar refractivity (Wildman–Crippen MR) is 40.0 cm³/mol. The molecule has 0 radical (unpaired) electrons. The van der Waals surface area contributed by atoms with Gasteiger partial charge in [-0.15, -0.1) is 0 Å². The Balaban J connectivity index is 2.79. The van der Waals surface area contributed by atoms with Crippen molar-refractivity contribution in [3.8, 4) is 0 Å². The monoisotopic (exact) mass is 152 g/mol. The zero-order chi connectivity index (χ0) is 8.27. The van der Waals surface area contributed by atoms with E-state index in [1.165, 1.54) is 6.08 Å². The first-order chi connectivity index (χ1) is 5.20. The largest absolute Gasteiger partial charge is 0.478 e. The van der Waals surface area contributed by atoms with Crippen LogP contribution in [-0.2, 0) is 4.79 Å². The van der Waals surface area contributed by atoms with Crippen molar-refractivity contribution in [3.63, 3.8) is 0 Å². The average Bonchev–Trinajstić information content (AvgIpc) is 2.31. The molecule has 4 heteroatoms. The summed E-state index contributed by atoms with van der Waals surface area (Å²) in [5.41, 5.74) is 1.59. The lowest BCUT2D eigenvalue weighted by molar-refractivity contribution is -0.131. The van der Waals surface area contributed by atoms with Gasteiger partial charge in [0, 0.05) is 17.8 Å². The van der Waals surface area contributed by atoms with E-state index < -0.39 is 5.97 Å². The molecule has 58 valence electrons. The highest BCUT2D eigenvalue weighted by Gasteiger charge is 1.95. The smallest absolute Gasteiger partial charge is 0.328 e. The second kappa shape index (κ2) is 3.01. The van der Waals surface area contributed by atoms with Crippen LogP contribution in [0.15, 0.2) is 12.3 Å². The number of rotatable bonds is 2. The molecule has 0 aliphatic rings. The maximum atomic E-state index is 10.1. The van der Waals surface area contributed by atoms with Crippen molar-refractivity contribution in [2.75, 3.05) is 0 Å². The topological polar surface area (TPSA) is 66.0 Å². The van der Waals surface area contributed by atoms with Crippen molar-refractivity contribution >= 4 is 12.0 Å². The second-order valence-corrected chi connectivity index (χ2v) is 2.10. The number of nitrogens with zero attached hydrogens (tertiary/aromatic N) is 1. The zero-order valence-electron chi connectivity index (χ0n) is 6.03. The summed E-state index contributed by atoms with van der Waals surface area (Å²) >= 11 is 0. The number of H-pyrrole nitrogens is 1. The maximum absolute atomic E-state index is 10.1. The first-order valence-corrected chi connectivity index (χ1v) is 3.11. The highest BCUT2D eigenvalue weighted by molar-refractivity contribution is 5.85. The fourth-order valence-corrected chi connectivity index (χ4v) is 0.697. The van der Waals surface area contributed by atoms with Gasteiger partial charge in [-0.05, 0) is 13.0 Å². The van der Waals surface area contributed by atoms with E-state index in [1.54, 1.807) is 13.1 Å². The van der Waals surface area contributed by atoms with Gasteiger partial charge in [-0.3, -0.25) is 5.10 Å². The highest BCUT2D eigenvalue weighted by atomic mass is 16.4. The first-order valence-electron chi connectivity index (χ1n) is 3.11. The summed E-state index contributed by atoms with van der Waals surface area (Å²) < 4.78 is 0. The Labute approximate surface area is 63.6 Å². The van der Waals surface area contributed by atoms with Gasteiger partial charge < -0.3 is 5.11 Å². The molecule has 2 N–H and O–H groups in total. The van der Waals surface area contributed by atoms with E-state index in [2.05, 4.69) is 10.2 Å². The lowest BCUT2D eigenvalue weighted by atomic mass is 10.2. The van der Waals surface area contributed by atoms with Crippen molar-refractivity contribution in [1.29, 1.82) is 0 Å². The fraction of sp³-hybridized carbons (Fsp3) is 0.143. The Morgan fingerprint density at radius 1 is 1.82 bits per heavy atom. The minimum atomic E-state index is -0.953. The molecule has 0 fully saturated rings. The van der Waals surface area contributed by atoms with Crippen LogP contribution in [0.3, 0.4) is 0 Å². The number of nitrogens with one attached hydrogen (secondary N) is 1. The Bertz CT molecular complexity index is 288. The van der Waals surface area contributed by atoms with Crippen LogP contribution >= 0.6 is 0 Å². The van der Waals surface area contributed by atoms with Gasteiger partial charge in [0.25, 0.3) is 0 Å². The predicted octanol–water partition coefficient (Wildman–Crippen LogP) is 0.816. The Morgan fingerprint density at radius 3 is 3.00 bits per heavy atom. The van der Waals surface area contributed by atoms with E-state index in [0.717, 1.165) is 17.3 Å². The molecule has 0 bridgehead atoms. The molecule has 0 atom stereocenters. The quantitative estimate of drug-likeness (QED) is 0.616. The van der Waals surface area contributed by atoms with E-state index in [-0.39, 0.29) is 0 Å².